The molecule has 1 aliphatic rings. The van der Waals surface area contributed by atoms with Crippen molar-refractivity contribution in [3.05, 3.63) is 60.8 Å². The topological polar surface area (TPSA) is 58.0 Å². The first kappa shape index (κ1) is 17.1. The highest BCUT2D eigenvalue weighted by Crippen LogP contribution is 2.36. The molecule has 0 amide bonds. The predicted octanol–water partition coefficient (Wildman–Crippen LogP) is 3.78. The average Bonchev–Trinajstić information content (AvgIpc) is 3.19. The van der Waals surface area contributed by atoms with Crippen LogP contribution in [0.5, 0.6) is 0 Å². The van der Waals surface area contributed by atoms with E-state index in [0.29, 0.717) is 0 Å². The van der Waals surface area contributed by atoms with Crippen LogP contribution in [-0.2, 0) is 0 Å². The number of rotatable bonds is 3. The largest absolute Gasteiger partial charge is 0.353 e. The zero-order valence-electron chi connectivity index (χ0n) is 15.6. The first-order valence-electron chi connectivity index (χ1n) is 9.37. The third-order valence-corrected chi connectivity index (χ3v) is 6.12. The molecular formula is C21H20N6S. The Morgan fingerprint density at radius 3 is 2.46 bits per heavy atom. The molecule has 0 unspecified atom stereocenters. The molecule has 0 radical (unpaired) electrons. The van der Waals surface area contributed by atoms with E-state index in [2.05, 4.69) is 60.1 Å². The van der Waals surface area contributed by atoms with Gasteiger partial charge in [-0.15, -0.1) is 11.3 Å². The summed E-state index contributed by atoms with van der Waals surface area (Å²) in [5, 5.41) is 1.14. The molecule has 3 aromatic heterocycles. The van der Waals surface area contributed by atoms with Crippen LogP contribution >= 0.6 is 11.3 Å². The van der Waals surface area contributed by atoms with Gasteiger partial charge in [-0.05, 0) is 24.6 Å². The molecule has 4 heterocycles. The van der Waals surface area contributed by atoms with E-state index >= 15 is 0 Å². The van der Waals surface area contributed by atoms with Crippen LogP contribution in [-0.4, -0.2) is 46.1 Å². The summed E-state index contributed by atoms with van der Waals surface area (Å²) in [6, 6.07) is 14.7. The standard InChI is InChI=1S/C21H20N6S/c1-15-22-8-7-19(25-15)26-9-11-27(12-10-26)20-17-13-18(16-5-3-2-4-6-16)28-21(17)24-14-23-20/h2-8,13-14H,9-12H2,1H3. The van der Waals surface area contributed by atoms with Crippen LogP contribution < -0.4 is 9.80 Å². The molecular weight excluding hydrogens is 368 g/mol. The van der Waals surface area contributed by atoms with Crippen molar-refractivity contribution in [1.29, 1.82) is 0 Å². The number of aromatic nitrogens is 4. The molecule has 0 spiro atoms. The first-order chi connectivity index (χ1) is 13.8. The minimum absolute atomic E-state index is 0.809. The summed E-state index contributed by atoms with van der Waals surface area (Å²) in [6.07, 6.45) is 3.51. The maximum absolute atomic E-state index is 4.63. The molecule has 1 fully saturated rings. The zero-order valence-corrected chi connectivity index (χ0v) is 16.4. The van der Waals surface area contributed by atoms with Crippen LogP contribution in [0.3, 0.4) is 0 Å². The zero-order chi connectivity index (χ0) is 18.9. The van der Waals surface area contributed by atoms with Crippen molar-refractivity contribution in [2.75, 3.05) is 36.0 Å². The lowest BCUT2D eigenvalue weighted by Gasteiger charge is -2.36. The molecule has 1 aliphatic heterocycles. The Balaban J connectivity index is 1.40. The summed E-state index contributed by atoms with van der Waals surface area (Å²) in [4.78, 5) is 24.8. The Morgan fingerprint density at radius 2 is 1.68 bits per heavy atom. The lowest BCUT2D eigenvalue weighted by molar-refractivity contribution is 0.641. The maximum atomic E-state index is 4.63. The first-order valence-corrected chi connectivity index (χ1v) is 10.2. The summed E-state index contributed by atoms with van der Waals surface area (Å²) in [5.74, 6) is 2.84. The molecule has 5 rings (SSSR count). The fourth-order valence-electron chi connectivity index (χ4n) is 3.61. The molecule has 7 heteroatoms. The van der Waals surface area contributed by atoms with Crippen molar-refractivity contribution in [2.24, 2.45) is 0 Å². The van der Waals surface area contributed by atoms with E-state index in [1.165, 1.54) is 10.4 Å². The van der Waals surface area contributed by atoms with Crippen molar-refractivity contribution in [1.82, 2.24) is 19.9 Å². The molecule has 140 valence electrons. The smallest absolute Gasteiger partial charge is 0.140 e. The quantitative estimate of drug-likeness (QED) is 0.532. The lowest BCUT2D eigenvalue weighted by Crippen LogP contribution is -2.47. The van der Waals surface area contributed by atoms with Crippen molar-refractivity contribution < 1.29 is 0 Å². The Labute approximate surface area is 167 Å². The van der Waals surface area contributed by atoms with Crippen molar-refractivity contribution >= 4 is 33.2 Å². The van der Waals surface area contributed by atoms with Gasteiger partial charge in [0.15, 0.2) is 0 Å². The number of aryl methyl sites for hydroxylation is 1. The van der Waals surface area contributed by atoms with Gasteiger partial charge in [0.25, 0.3) is 0 Å². The van der Waals surface area contributed by atoms with Crippen LogP contribution in [0.25, 0.3) is 20.7 Å². The van der Waals surface area contributed by atoms with Crippen molar-refractivity contribution in [3.8, 4) is 10.4 Å². The summed E-state index contributed by atoms with van der Waals surface area (Å²) >= 11 is 1.72. The molecule has 4 aromatic rings. The van der Waals surface area contributed by atoms with Gasteiger partial charge in [0.05, 0.1) is 5.39 Å². The molecule has 0 N–H and O–H groups in total. The lowest BCUT2D eigenvalue weighted by atomic mass is 10.2. The number of fused-ring (bicyclic) bond motifs is 1. The van der Waals surface area contributed by atoms with Crippen molar-refractivity contribution in [3.63, 3.8) is 0 Å². The minimum atomic E-state index is 0.809. The molecule has 28 heavy (non-hydrogen) atoms. The Morgan fingerprint density at radius 1 is 0.893 bits per heavy atom. The highest BCUT2D eigenvalue weighted by Gasteiger charge is 2.22. The summed E-state index contributed by atoms with van der Waals surface area (Å²) in [7, 11) is 0. The third-order valence-electron chi connectivity index (χ3n) is 5.03. The SMILES string of the molecule is Cc1nccc(N2CCN(c3ncnc4sc(-c5ccccc5)cc34)CC2)n1. The van der Waals surface area contributed by atoms with Crippen molar-refractivity contribution in [2.45, 2.75) is 6.92 Å². The minimum Gasteiger partial charge on any atom is -0.353 e. The number of hydrogen-bond acceptors (Lipinski definition) is 7. The molecule has 0 aliphatic carbocycles. The van der Waals surface area contributed by atoms with E-state index in [-0.39, 0.29) is 0 Å². The highest BCUT2D eigenvalue weighted by atomic mass is 32.1. The number of nitrogens with zero attached hydrogens (tertiary/aromatic N) is 6. The normalized spacial score (nSPS) is 14.6. The van der Waals surface area contributed by atoms with Gasteiger partial charge in [-0.2, -0.15) is 0 Å². The monoisotopic (exact) mass is 388 g/mol. The fourth-order valence-corrected chi connectivity index (χ4v) is 4.61. The average molecular weight is 389 g/mol. The summed E-state index contributed by atoms with van der Waals surface area (Å²) < 4.78 is 0. The van der Waals surface area contributed by atoms with Gasteiger partial charge in [0, 0.05) is 37.3 Å². The highest BCUT2D eigenvalue weighted by molar-refractivity contribution is 7.21. The van der Waals surface area contributed by atoms with Gasteiger partial charge < -0.3 is 9.80 Å². The van der Waals surface area contributed by atoms with Crippen LogP contribution in [0.4, 0.5) is 11.6 Å². The van der Waals surface area contributed by atoms with Gasteiger partial charge in [0.1, 0.15) is 28.6 Å². The van der Waals surface area contributed by atoms with Crippen LogP contribution in [0.1, 0.15) is 5.82 Å². The maximum Gasteiger partial charge on any atom is 0.140 e. The van der Waals surface area contributed by atoms with Gasteiger partial charge >= 0.3 is 0 Å². The number of hydrogen-bond donors (Lipinski definition) is 0. The number of thiophene rings is 1. The van der Waals surface area contributed by atoms with Gasteiger partial charge in [0.2, 0.25) is 0 Å². The van der Waals surface area contributed by atoms with Gasteiger partial charge in [-0.1, -0.05) is 30.3 Å². The second kappa shape index (κ2) is 7.16. The van der Waals surface area contributed by atoms with Crippen LogP contribution in [0, 0.1) is 6.92 Å². The molecule has 0 bridgehead atoms. The van der Waals surface area contributed by atoms with E-state index in [1.807, 2.05) is 25.3 Å². The number of benzene rings is 1. The number of piperazine rings is 1. The molecule has 1 saturated heterocycles. The second-order valence-corrected chi connectivity index (χ2v) is 7.86. The Hall–Kier alpha value is -3.06. The second-order valence-electron chi connectivity index (χ2n) is 6.83. The van der Waals surface area contributed by atoms with Gasteiger partial charge in [-0.3, -0.25) is 0 Å². The fraction of sp³-hybridized carbons (Fsp3) is 0.238. The third kappa shape index (κ3) is 3.18. The van der Waals surface area contributed by atoms with Crippen LogP contribution in [0.15, 0.2) is 55.0 Å². The van der Waals surface area contributed by atoms with E-state index in [9.17, 15) is 0 Å². The van der Waals surface area contributed by atoms with E-state index in [0.717, 1.165) is 53.9 Å². The Kier molecular flexibility index (Phi) is 4.37. The Bertz CT molecular complexity index is 1100. The van der Waals surface area contributed by atoms with E-state index in [4.69, 9.17) is 0 Å². The molecule has 1 aromatic carbocycles. The predicted molar refractivity (Wildman–Crippen MR) is 114 cm³/mol. The van der Waals surface area contributed by atoms with Gasteiger partial charge in [-0.25, -0.2) is 19.9 Å². The van der Waals surface area contributed by atoms with E-state index < -0.39 is 0 Å². The summed E-state index contributed by atoms with van der Waals surface area (Å²) in [5.41, 5.74) is 1.22. The van der Waals surface area contributed by atoms with E-state index in [1.54, 1.807) is 17.7 Å². The molecule has 0 atom stereocenters. The molecule has 0 saturated carbocycles. The molecule has 6 nitrogen and oxygen atoms in total. The van der Waals surface area contributed by atoms with Crippen LogP contribution in [0.2, 0.25) is 0 Å². The number of anilines is 2. The summed E-state index contributed by atoms with van der Waals surface area (Å²) in [6.45, 7) is 5.57.